The van der Waals surface area contributed by atoms with Crippen molar-refractivity contribution in [1.29, 1.82) is 0 Å². The molecule has 0 spiro atoms. The second-order valence-corrected chi connectivity index (χ2v) is 5.90. The van der Waals surface area contributed by atoms with Gasteiger partial charge in [-0.2, -0.15) is 0 Å². The zero-order valence-corrected chi connectivity index (χ0v) is 14.5. The molecular weight excluding hydrogens is 357 g/mol. The van der Waals surface area contributed by atoms with Gasteiger partial charge in [0, 0.05) is 18.1 Å². The Balaban J connectivity index is 1.72. The SMILES string of the molecule is Cc1ccc(Nc2ncc(C(=O)Nc3ccc(F)c(F)c3F)cn2)cc1C. The van der Waals surface area contributed by atoms with Gasteiger partial charge in [-0.15, -0.1) is 0 Å². The van der Waals surface area contributed by atoms with Crippen molar-refractivity contribution in [3.05, 3.63) is 76.9 Å². The lowest BCUT2D eigenvalue weighted by atomic mass is 10.1. The van der Waals surface area contributed by atoms with Crippen LogP contribution in [0.3, 0.4) is 0 Å². The predicted molar refractivity (Wildman–Crippen MR) is 95.5 cm³/mol. The van der Waals surface area contributed by atoms with Gasteiger partial charge in [0.25, 0.3) is 5.91 Å². The maximum atomic E-state index is 13.6. The Morgan fingerprint density at radius 3 is 2.30 bits per heavy atom. The first-order chi connectivity index (χ1) is 12.8. The van der Waals surface area contributed by atoms with E-state index >= 15 is 0 Å². The minimum Gasteiger partial charge on any atom is -0.324 e. The second kappa shape index (κ2) is 7.45. The minimum absolute atomic E-state index is 0.0322. The fourth-order valence-electron chi connectivity index (χ4n) is 2.28. The topological polar surface area (TPSA) is 66.9 Å². The van der Waals surface area contributed by atoms with E-state index in [1.807, 2.05) is 32.0 Å². The quantitative estimate of drug-likeness (QED) is 0.662. The number of nitrogens with one attached hydrogen (secondary N) is 2. The Bertz CT molecular complexity index is 1010. The molecule has 5 nitrogen and oxygen atoms in total. The van der Waals surface area contributed by atoms with Crippen LogP contribution in [0.25, 0.3) is 0 Å². The zero-order valence-electron chi connectivity index (χ0n) is 14.5. The van der Waals surface area contributed by atoms with Gasteiger partial charge >= 0.3 is 0 Å². The minimum atomic E-state index is -1.66. The molecule has 0 atom stereocenters. The lowest BCUT2D eigenvalue weighted by molar-refractivity contribution is 0.102. The number of rotatable bonds is 4. The van der Waals surface area contributed by atoms with Crippen LogP contribution in [-0.2, 0) is 0 Å². The van der Waals surface area contributed by atoms with Gasteiger partial charge in [-0.25, -0.2) is 23.1 Å². The van der Waals surface area contributed by atoms with E-state index in [2.05, 4.69) is 20.6 Å². The average molecular weight is 372 g/mol. The predicted octanol–water partition coefficient (Wildman–Crippen LogP) is 4.51. The first-order valence-corrected chi connectivity index (χ1v) is 7.96. The number of hydrogen-bond donors (Lipinski definition) is 2. The Labute approximate surface area is 153 Å². The fourth-order valence-corrected chi connectivity index (χ4v) is 2.28. The van der Waals surface area contributed by atoms with E-state index < -0.39 is 29.0 Å². The van der Waals surface area contributed by atoms with Crippen molar-refractivity contribution in [3.63, 3.8) is 0 Å². The molecule has 3 rings (SSSR count). The van der Waals surface area contributed by atoms with E-state index in [1.165, 1.54) is 12.4 Å². The monoisotopic (exact) mass is 372 g/mol. The Morgan fingerprint density at radius 2 is 1.63 bits per heavy atom. The molecule has 1 heterocycles. The van der Waals surface area contributed by atoms with E-state index in [-0.39, 0.29) is 11.5 Å². The number of carbonyl (C=O) groups is 1. The molecule has 3 aromatic rings. The van der Waals surface area contributed by atoms with Crippen molar-refractivity contribution < 1.29 is 18.0 Å². The molecule has 2 N–H and O–H groups in total. The largest absolute Gasteiger partial charge is 0.324 e. The van der Waals surface area contributed by atoms with Gasteiger partial charge in [0.15, 0.2) is 17.5 Å². The van der Waals surface area contributed by atoms with Crippen LogP contribution in [0.1, 0.15) is 21.5 Å². The smallest absolute Gasteiger partial charge is 0.258 e. The summed E-state index contributed by atoms with van der Waals surface area (Å²) in [5, 5.41) is 5.16. The molecule has 0 saturated carbocycles. The van der Waals surface area contributed by atoms with Gasteiger partial charge in [-0.1, -0.05) is 6.07 Å². The van der Waals surface area contributed by atoms with Crippen LogP contribution in [0, 0.1) is 31.3 Å². The van der Waals surface area contributed by atoms with Crippen LogP contribution >= 0.6 is 0 Å². The Kier molecular flexibility index (Phi) is 5.07. The Hall–Kier alpha value is -3.42. The molecule has 8 heteroatoms. The maximum Gasteiger partial charge on any atom is 0.258 e. The van der Waals surface area contributed by atoms with E-state index in [4.69, 9.17) is 0 Å². The molecule has 2 aromatic carbocycles. The highest BCUT2D eigenvalue weighted by Crippen LogP contribution is 2.21. The lowest BCUT2D eigenvalue weighted by Gasteiger charge is -2.09. The van der Waals surface area contributed by atoms with Crippen molar-refractivity contribution in [1.82, 2.24) is 9.97 Å². The van der Waals surface area contributed by atoms with Gasteiger partial charge in [-0.3, -0.25) is 4.79 Å². The molecule has 0 unspecified atom stereocenters. The lowest BCUT2D eigenvalue weighted by Crippen LogP contribution is -2.15. The summed E-state index contributed by atoms with van der Waals surface area (Å²) in [7, 11) is 0. The van der Waals surface area contributed by atoms with E-state index in [9.17, 15) is 18.0 Å². The standard InChI is InChI=1S/C19H15F3N4O/c1-10-3-4-13(7-11(10)2)25-19-23-8-12(9-24-19)18(27)26-15-6-5-14(20)16(21)17(15)22/h3-9H,1-2H3,(H,26,27)(H,23,24,25). The third-order valence-electron chi connectivity index (χ3n) is 3.96. The van der Waals surface area contributed by atoms with Crippen molar-refractivity contribution in [3.8, 4) is 0 Å². The highest BCUT2D eigenvalue weighted by atomic mass is 19.2. The molecule has 1 aromatic heterocycles. The summed E-state index contributed by atoms with van der Waals surface area (Å²) in [5.74, 6) is -4.95. The zero-order chi connectivity index (χ0) is 19.6. The third-order valence-corrected chi connectivity index (χ3v) is 3.96. The van der Waals surface area contributed by atoms with Gasteiger partial charge in [0.1, 0.15) is 0 Å². The summed E-state index contributed by atoms with van der Waals surface area (Å²) >= 11 is 0. The van der Waals surface area contributed by atoms with E-state index in [1.54, 1.807) is 0 Å². The van der Waals surface area contributed by atoms with Crippen molar-refractivity contribution in [2.45, 2.75) is 13.8 Å². The summed E-state index contributed by atoms with van der Waals surface area (Å²) in [6, 6.07) is 7.42. The molecule has 138 valence electrons. The summed E-state index contributed by atoms with van der Waals surface area (Å²) in [5.41, 5.74) is 2.60. The molecular formula is C19H15F3N4O. The molecule has 0 bridgehead atoms. The number of carbonyl (C=O) groups excluding carboxylic acids is 1. The third kappa shape index (κ3) is 4.05. The molecule has 0 aliphatic rings. The van der Waals surface area contributed by atoms with Gasteiger partial charge in [0.2, 0.25) is 5.95 Å². The molecule has 0 aliphatic carbocycles. The molecule has 27 heavy (non-hydrogen) atoms. The van der Waals surface area contributed by atoms with Crippen LogP contribution in [-0.4, -0.2) is 15.9 Å². The number of anilines is 3. The number of halogens is 3. The summed E-state index contributed by atoms with van der Waals surface area (Å²) in [6.07, 6.45) is 2.48. The number of benzene rings is 2. The van der Waals surface area contributed by atoms with Crippen molar-refractivity contribution in [2.75, 3.05) is 10.6 Å². The first-order valence-electron chi connectivity index (χ1n) is 7.96. The first kappa shape index (κ1) is 18.4. The van der Waals surface area contributed by atoms with Crippen molar-refractivity contribution in [2.24, 2.45) is 0 Å². The summed E-state index contributed by atoms with van der Waals surface area (Å²) < 4.78 is 39.8. The van der Waals surface area contributed by atoms with E-state index in [0.717, 1.165) is 28.9 Å². The highest BCUT2D eigenvalue weighted by Gasteiger charge is 2.16. The van der Waals surface area contributed by atoms with Gasteiger partial charge in [-0.05, 0) is 49.2 Å². The van der Waals surface area contributed by atoms with Crippen molar-refractivity contribution >= 4 is 23.2 Å². The number of aromatic nitrogens is 2. The number of nitrogens with zero attached hydrogens (tertiary/aromatic N) is 2. The molecule has 1 amide bonds. The van der Waals surface area contributed by atoms with Crippen LogP contribution in [0.2, 0.25) is 0 Å². The number of amides is 1. The van der Waals surface area contributed by atoms with Crippen LogP contribution < -0.4 is 10.6 Å². The highest BCUT2D eigenvalue weighted by molar-refractivity contribution is 6.04. The van der Waals surface area contributed by atoms with Gasteiger partial charge in [0.05, 0.1) is 11.3 Å². The van der Waals surface area contributed by atoms with Crippen LogP contribution in [0.5, 0.6) is 0 Å². The maximum absolute atomic E-state index is 13.6. The normalized spacial score (nSPS) is 10.6. The summed E-state index contributed by atoms with van der Waals surface area (Å²) in [6.45, 7) is 3.98. The molecule has 0 saturated heterocycles. The molecule has 0 fully saturated rings. The van der Waals surface area contributed by atoms with Crippen LogP contribution in [0.15, 0.2) is 42.7 Å². The second-order valence-electron chi connectivity index (χ2n) is 5.90. The van der Waals surface area contributed by atoms with E-state index in [0.29, 0.717) is 0 Å². The van der Waals surface area contributed by atoms with Crippen LogP contribution in [0.4, 0.5) is 30.5 Å². The average Bonchev–Trinajstić information content (AvgIpc) is 2.66. The molecule has 0 aliphatic heterocycles. The Morgan fingerprint density at radius 1 is 0.926 bits per heavy atom. The number of hydrogen-bond acceptors (Lipinski definition) is 4. The summed E-state index contributed by atoms with van der Waals surface area (Å²) in [4.78, 5) is 20.2. The number of aryl methyl sites for hydroxylation is 2. The van der Waals surface area contributed by atoms with Gasteiger partial charge < -0.3 is 10.6 Å². The fraction of sp³-hybridized carbons (Fsp3) is 0.105. The molecule has 0 radical (unpaired) electrons.